The highest BCUT2D eigenvalue weighted by Gasteiger charge is 2.21. The normalized spacial score (nSPS) is 17.9. The van der Waals surface area contributed by atoms with Crippen LogP contribution in [0.1, 0.15) is 22.7 Å². The molecule has 21 heavy (non-hydrogen) atoms. The topological polar surface area (TPSA) is 29.9 Å². The first-order valence-corrected chi connectivity index (χ1v) is 7.52. The van der Waals surface area contributed by atoms with Crippen LogP contribution < -0.4 is 5.32 Å². The van der Waals surface area contributed by atoms with Gasteiger partial charge in [0, 0.05) is 37.9 Å². The standard InChI is InChI=1S/C18H19N3/c1-21-18-9-5-4-8-16(18)17(20-21)10-14-12-19-11-13-6-2-3-7-15(13)14/h2-9,14,19H,10-12H2,1H3. The number of benzene rings is 2. The van der Waals surface area contributed by atoms with Crippen molar-refractivity contribution >= 4 is 10.9 Å². The number of para-hydroxylation sites is 1. The van der Waals surface area contributed by atoms with Crippen LogP contribution in [0.3, 0.4) is 0 Å². The van der Waals surface area contributed by atoms with Gasteiger partial charge in [-0.25, -0.2) is 0 Å². The van der Waals surface area contributed by atoms with E-state index in [9.17, 15) is 0 Å². The lowest BCUT2D eigenvalue weighted by atomic mass is 9.87. The maximum atomic E-state index is 4.75. The maximum absolute atomic E-state index is 4.75. The molecule has 4 rings (SSSR count). The minimum absolute atomic E-state index is 0.508. The van der Waals surface area contributed by atoms with Crippen molar-refractivity contribution in [3.05, 3.63) is 65.4 Å². The number of hydrogen-bond acceptors (Lipinski definition) is 2. The molecule has 0 radical (unpaired) electrons. The van der Waals surface area contributed by atoms with E-state index < -0.39 is 0 Å². The number of hydrogen-bond donors (Lipinski definition) is 1. The summed E-state index contributed by atoms with van der Waals surface area (Å²) in [6.07, 6.45) is 0.991. The molecule has 1 N–H and O–H groups in total. The summed E-state index contributed by atoms with van der Waals surface area (Å²) in [5, 5.41) is 9.56. The molecular weight excluding hydrogens is 258 g/mol. The lowest BCUT2D eigenvalue weighted by molar-refractivity contribution is 0.533. The molecule has 0 saturated carbocycles. The second-order valence-electron chi connectivity index (χ2n) is 5.82. The first kappa shape index (κ1) is 12.6. The third-order valence-electron chi connectivity index (χ3n) is 4.48. The molecule has 1 unspecified atom stereocenters. The van der Waals surface area contributed by atoms with Gasteiger partial charge in [0.1, 0.15) is 0 Å². The Morgan fingerprint density at radius 3 is 2.90 bits per heavy atom. The molecule has 0 fully saturated rings. The van der Waals surface area contributed by atoms with Crippen molar-refractivity contribution in [3.8, 4) is 0 Å². The number of nitrogens with one attached hydrogen (secondary N) is 1. The van der Waals surface area contributed by atoms with E-state index in [2.05, 4.69) is 53.8 Å². The average Bonchev–Trinajstić information content (AvgIpc) is 2.85. The fourth-order valence-electron chi connectivity index (χ4n) is 3.44. The van der Waals surface area contributed by atoms with E-state index >= 15 is 0 Å². The Kier molecular flexibility index (Phi) is 3.00. The molecule has 0 amide bonds. The monoisotopic (exact) mass is 277 g/mol. The van der Waals surface area contributed by atoms with Crippen LogP contribution in [0.25, 0.3) is 10.9 Å². The molecule has 1 aliphatic rings. The second-order valence-corrected chi connectivity index (χ2v) is 5.82. The van der Waals surface area contributed by atoms with Gasteiger partial charge in [-0.1, -0.05) is 42.5 Å². The first-order chi connectivity index (χ1) is 10.3. The van der Waals surface area contributed by atoms with Gasteiger partial charge < -0.3 is 5.32 Å². The zero-order valence-electron chi connectivity index (χ0n) is 12.2. The summed E-state index contributed by atoms with van der Waals surface area (Å²) in [6, 6.07) is 17.3. The third kappa shape index (κ3) is 2.14. The van der Waals surface area contributed by atoms with Crippen molar-refractivity contribution in [1.29, 1.82) is 0 Å². The number of aromatic nitrogens is 2. The molecule has 106 valence electrons. The fraction of sp³-hybridized carbons (Fsp3) is 0.278. The maximum Gasteiger partial charge on any atom is 0.0709 e. The van der Waals surface area contributed by atoms with Crippen LogP contribution in [0.15, 0.2) is 48.5 Å². The van der Waals surface area contributed by atoms with Crippen molar-refractivity contribution in [2.75, 3.05) is 6.54 Å². The van der Waals surface area contributed by atoms with E-state index in [0.29, 0.717) is 5.92 Å². The lowest BCUT2D eigenvalue weighted by Gasteiger charge is -2.25. The molecule has 2 heterocycles. The SMILES string of the molecule is Cn1nc(CC2CNCc3ccccc32)c2ccccc21. The quantitative estimate of drug-likeness (QED) is 0.780. The summed E-state index contributed by atoms with van der Waals surface area (Å²) >= 11 is 0. The van der Waals surface area contributed by atoms with Gasteiger partial charge in [-0.2, -0.15) is 5.10 Å². The molecule has 0 saturated heterocycles. The van der Waals surface area contributed by atoms with Gasteiger partial charge in [-0.15, -0.1) is 0 Å². The van der Waals surface area contributed by atoms with Crippen LogP contribution in [0.4, 0.5) is 0 Å². The zero-order chi connectivity index (χ0) is 14.2. The summed E-state index contributed by atoms with van der Waals surface area (Å²) in [6.45, 7) is 2.01. The fourth-order valence-corrected chi connectivity index (χ4v) is 3.44. The highest BCUT2D eigenvalue weighted by Crippen LogP contribution is 2.29. The molecule has 3 aromatic rings. The van der Waals surface area contributed by atoms with Crippen LogP contribution in [-0.4, -0.2) is 16.3 Å². The van der Waals surface area contributed by atoms with Crippen molar-refractivity contribution < 1.29 is 0 Å². The van der Waals surface area contributed by atoms with E-state index in [1.165, 1.54) is 27.7 Å². The minimum atomic E-state index is 0.508. The summed E-state index contributed by atoms with van der Waals surface area (Å²) in [5.74, 6) is 0.508. The van der Waals surface area contributed by atoms with Gasteiger partial charge in [0.05, 0.1) is 11.2 Å². The molecule has 0 bridgehead atoms. The van der Waals surface area contributed by atoms with Gasteiger partial charge >= 0.3 is 0 Å². The van der Waals surface area contributed by atoms with Crippen LogP contribution in [-0.2, 0) is 20.0 Å². The van der Waals surface area contributed by atoms with E-state index in [0.717, 1.165) is 19.5 Å². The van der Waals surface area contributed by atoms with Gasteiger partial charge in [0.2, 0.25) is 0 Å². The van der Waals surface area contributed by atoms with Crippen molar-refractivity contribution in [2.24, 2.45) is 7.05 Å². The number of aryl methyl sites for hydroxylation is 1. The molecule has 2 aromatic carbocycles. The minimum Gasteiger partial charge on any atom is -0.312 e. The Bertz CT molecular complexity index is 788. The molecular formula is C18H19N3. The smallest absolute Gasteiger partial charge is 0.0709 e. The Morgan fingerprint density at radius 1 is 1.14 bits per heavy atom. The van der Waals surface area contributed by atoms with Crippen LogP contribution in [0, 0.1) is 0 Å². The molecule has 3 heteroatoms. The number of fused-ring (bicyclic) bond motifs is 2. The van der Waals surface area contributed by atoms with E-state index in [1.54, 1.807) is 0 Å². The predicted octanol–water partition coefficient (Wildman–Crippen LogP) is 3.00. The lowest BCUT2D eigenvalue weighted by Crippen LogP contribution is -2.29. The molecule has 0 aliphatic carbocycles. The van der Waals surface area contributed by atoms with Crippen LogP contribution in [0.2, 0.25) is 0 Å². The second kappa shape index (κ2) is 5.01. The largest absolute Gasteiger partial charge is 0.312 e. The van der Waals surface area contributed by atoms with Gasteiger partial charge in [-0.3, -0.25) is 4.68 Å². The Morgan fingerprint density at radius 2 is 1.95 bits per heavy atom. The molecule has 1 aromatic heterocycles. The van der Waals surface area contributed by atoms with E-state index in [4.69, 9.17) is 5.10 Å². The molecule has 0 spiro atoms. The summed E-state index contributed by atoms with van der Waals surface area (Å²) in [5.41, 5.74) is 5.32. The summed E-state index contributed by atoms with van der Waals surface area (Å²) in [4.78, 5) is 0. The third-order valence-corrected chi connectivity index (χ3v) is 4.48. The number of nitrogens with zero attached hydrogens (tertiary/aromatic N) is 2. The average molecular weight is 277 g/mol. The Labute approximate surface area is 124 Å². The summed E-state index contributed by atoms with van der Waals surface area (Å²) < 4.78 is 1.99. The van der Waals surface area contributed by atoms with Gasteiger partial charge in [0.25, 0.3) is 0 Å². The molecule has 1 aliphatic heterocycles. The highest BCUT2D eigenvalue weighted by atomic mass is 15.3. The van der Waals surface area contributed by atoms with Crippen molar-refractivity contribution in [3.63, 3.8) is 0 Å². The van der Waals surface area contributed by atoms with Gasteiger partial charge in [-0.05, 0) is 17.2 Å². The Balaban J connectivity index is 1.73. The zero-order valence-corrected chi connectivity index (χ0v) is 12.2. The van der Waals surface area contributed by atoms with Gasteiger partial charge in [0.15, 0.2) is 0 Å². The summed E-state index contributed by atoms with van der Waals surface area (Å²) in [7, 11) is 2.03. The van der Waals surface area contributed by atoms with Crippen LogP contribution in [0.5, 0.6) is 0 Å². The molecule has 3 nitrogen and oxygen atoms in total. The molecule has 1 atom stereocenters. The Hall–Kier alpha value is -2.13. The van der Waals surface area contributed by atoms with E-state index in [1.807, 2.05) is 11.7 Å². The highest BCUT2D eigenvalue weighted by molar-refractivity contribution is 5.81. The first-order valence-electron chi connectivity index (χ1n) is 7.52. The van der Waals surface area contributed by atoms with Crippen molar-refractivity contribution in [1.82, 2.24) is 15.1 Å². The van der Waals surface area contributed by atoms with Crippen molar-refractivity contribution in [2.45, 2.75) is 18.9 Å². The number of rotatable bonds is 2. The predicted molar refractivity (Wildman–Crippen MR) is 85.3 cm³/mol. The van der Waals surface area contributed by atoms with E-state index in [-0.39, 0.29) is 0 Å². The van der Waals surface area contributed by atoms with Crippen LogP contribution >= 0.6 is 0 Å².